The van der Waals surface area contributed by atoms with Gasteiger partial charge in [0.1, 0.15) is 0 Å². The molecule has 144 valence electrons. The summed E-state index contributed by atoms with van der Waals surface area (Å²) in [4.78, 5) is 15.3. The highest BCUT2D eigenvalue weighted by molar-refractivity contribution is 5.12. The first-order valence-electron chi connectivity index (χ1n) is 8.71. The summed E-state index contributed by atoms with van der Waals surface area (Å²) < 4.78 is 52.6. The van der Waals surface area contributed by atoms with Crippen LogP contribution in [-0.2, 0) is 24.1 Å². The number of hydrogen-bond donors (Lipinski definition) is 1. The second-order valence-electron chi connectivity index (χ2n) is 8.07. The lowest BCUT2D eigenvalue weighted by Gasteiger charge is -2.62. The molecule has 6 nitrogen and oxygen atoms in total. The fourth-order valence-corrected chi connectivity index (χ4v) is 5.40. The van der Waals surface area contributed by atoms with Crippen LogP contribution in [0.5, 0.6) is 0 Å². The van der Waals surface area contributed by atoms with E-state index in [-0.39, 0.29) is 11.8 Å². The van der Waals surface area contributed by atoms with E-state index in [0.717, 1.165) is 6.42 Å². The molecule has 1 N–H and O–H groups in total. The van der Waals surface area contributed by atoms with Crippen LogP contribution in [-0.4, -0.2) is 34.9 Å². The molecule has 2 bridgehead atoms. The monoisotopic (exact) mass is 368 g/mol. The normalized spacial score (nSPS) is 55.6. The topological polar surface area (TPSA) is 66.4 Å². The second-order valence-corrected chi connectivity index (χ2v) is 8.07. The van der Waals surface area contributed by atoms with Crippen molar-refractivity contribution < 1.29 is 42.6 Å². The van der Waals surface area contributed by atoms with Gasteiger partial charge in [-0.2, -0.15) is 18.1 Å². The van der Waals surface area contributed by atoms with Gasteiger partial charge in [0.15, 0.2) is 11.9 Å². The largest absolute Gasteiger partial charge is 0.446 e. The lowest BCUT2D eigenvalue weighted by molar-refractivity contribution is -0.616. The molecule has 9 heteroatoms. The van der Waals surface area contributed by atoms with E-state index in [9.17, 15) is 18.4 Å². The molecule has 5 rings (SSSR count). The van der Waals surface area contributed by atoms with Crippen molar-refractivity contribution in [2.75, 3.05) is 0 Å². The van der Waals surface area contributed by atoms with Gasteiger partial charge >= 0.3 is 12.0 Å². The summed E-state index contributed by atoms with van der Waals surface area (Å²) in [5, 5.41) is 9.22. The Morgan fingerprint density at radius 3 is 2.40 bits per heavy atom. The molecular weight excluding hydrogens is 345 g/mol. The molecule has 1 aliphatic carbocycles. The van der Waals surface area contributed by atoms with E-state index in [2.05, 4.69) is 11.8 Å². The van der Waals surface area contributed by atoms with Gasteiger partial charge in [-0.25, -0.2) is 15.0 Å². The zero-order valence-electron chi connectivity index (χ0n) is 14.3. The van der Waals surface area contributed by atoms with Gasteiger partial charge in [0, 0.05) is 18.3 Å². The fourth-order valence-electron chi connectivity index (χ4n) is 5.40. The van der Waals surface area contributed by atoms with Crippen LogP contribution < -0.4 is 0 Å². The fraction of sp³-hybridized carbons (Fsp3) is 1.00. The zero-order chi connectivity index (χ0) is 18.3. The first-order chi connectivity index (χ1) is 11.6. The van der Waals surface area contributed by atoms with Crippen LogP contribution in [0.25, 0.3) is 0 Å². The predicted octanol–water partition coefficient (Wildman–Crippen LogP) is 3.62. The Balaban J connectivity index is 1.85. The molecule has 1 saturated carbocycles. The van der Waals surface area contributed by atoms with Crippen molar-refractivity contribution in [2.45, 2.75) is 76.1 Å². The zero-order valence-corrected chi connectivity index (χ0v) is 14.3. The molecular formula is C16H23F3O6. The maximum Gasteiger partial charge on any atom is 0.446 e. The summed E-state index contributed by atoms with van der Waals surface area (Å²) >= 11 is 0. The van der Waals surface area contributed by atoms with Gasteiger partial charge in [0.25, 0.3) is 0 Å². The lowest BCUT2D eigenvalue weighted by atomic mass is 9.57. The van der Waals surface area contributed by atoms with E-state index in [1.165, 1.54) is 6.92 Å². The first-order valence-corrected chi connectivity index (χ1v) is 8.71. The Morgan fingerprint density at radius 2 is 1.76 bits per heavy atom. The van der Waals surface area contributed by atoms with Crippen molar-refractivity contribution in [3.63, 3.8) is 0 Å². The Hall–Kier alpha value is -0.450. The van der Waals surface area contributed by atoms with Crippen LogP contribution in [0.15, 0.2) is 0 Å². The minimum atomic E-state index is -4.93. The molecule has 4 heterocycles. The van der Waals surface area contributed by atoms with Crippen molar-refractivity contribution >= 4 is 0 Å². The summed E-state index contributed by atoms with van der Waals surface area (Å²) in [6.45, 7) is 5.05. The highest BCUT2D eigenvalue weighted by Crippen LogP contribution is 2.64. The van der Waals surface area contributed by atoms with Gasteiger partial charge in [-0.15, -0.1) is 0 Å². The summed E-state index contributed by atoms with van der Waals surface area (Å²) in [6, 6.07) is 0. The number of fused-ring (bicyclic) bond motifs is 2. The summed E-state index contributed by atoms with van der Waals surface area (Å²) in [5.74, 6) is -5.96. The van der Waals surface area contributed by atoms with Crippen LogP contribution in [0.4, 0.5) is 13.2 Å². The van der Waals surface area contributed by atoms with Crippen LogP contribution in [0.2, 0.25) is 0 Å². The molecule has 25 heavy (non-hydrogen) atoms. The average molecular weight is 368 g/mol. The van der Waals surface area contributed by atoms with Gasteiger partial charge in [0.2, 0.25) is 5.79 Å². The van der Waals surface area contributed by atoms with Gasteiger partial charge in [-0.05, 0) is 38.0 Å². The quantitative estimate of drug-likeness (QED) is 0.563. The maximum atomic E-state index is 13.8. The van der Waals surface area contributed by atoms with E-state index in [1.54, 1.807) is 6.92 Å². The van der Waals surface area contributed by atoms with Crippen LogP contribution in [0.1, 0.15) is 46.5 Å². The molecule has 0 radical (unpaired) electrons. The van der Waals surface area contributed by atoms with Crippen molar-refractivity contribution in [1.29, 1.82) is 0 Å². The van der Waals surface area contributed by atoms with Gasteiger partial charge in [-0.3, -0.25) is 0 Å². The number of rotatable bonds is 1. The molecule has 4 aliphatic heterocycles. The Kier molecular flexibility index (Phi) is 3.80. The van der Waals surface area contributed by atoms with Crippen molar-refractivity contribution in [2.24, 2.45) is 23.7 Å². The minimum absolute atomic E-state index is 0.0621. The van der Waals surface area contributed by atoms with E-state index in [0.29, 0.717) is 19.3 Å². The molecule has 0 amide bonds. The molecule has 5 aliphatic rings. The maximum absolute atomic E-state index is 13.8. The van der Waals surface area contributed by atoms with Gasteiger partial charge in [0.05, 0.1) is 0 Å². The summed E-state index contributed by atoms with van der Waals surface area (Å²) in [6.07, 6.45) is -3.84. The van der Waals surface area contributed by atoms with E-state index < -0.39 is 41.5 Å². The Morgan fingerprint density at radius 1 is 1.04 bits per heavy atom. The predicted molar refractivity (Wildman–Crippen MR) is 75.5 cm³/mol. The SMILES string of the molecule is C[C@@H]1CC[C@H]2[C@@H](C)C(OO)(C(F)(F)F)O[C@@H]3O[C@]4(C)CC[C@@H]1[C@]32OO4. The number of halogens is 3. The highest BCUT2D eigenvalue weighted by Gasteiger charge is 2.77. The molecule has 0 aromatic heterocycles. The number of hydrogen-bond acceptors (Lipinski definition) is 6. The summed E-state index contributed by atoms with van der Waals surface area (Å²) in [5.41, 5.74) is -1.14. The molecule has 4 saturated heterocycles. The highest BCUT2D eigenvalue weighted by atomic mass is 19.4. The molecule has 8 atom stereocenters. The summed E-state index contributed by atoms with van der Waals surface area (Å²) in [7, 11) is 0. The number of ether oxygens (including phenoxy) is 2. The Labute approximate surface area is 143 Å². The van der Waals surface area contributed by atoms with Crippen LogP contribution in [0, 0.1) is 23.7 Å². The van der Waals surface area contributed by atoms with Crippen LogP contribution >= 0.6 is 0 Å². The van der Waals surface area contributed by atoms with Gasteiger partial charge < -0.3 is 9.47 Å². The molecule has 0 aromatic rings. The molecule has 1 unspecified atom stereocenters. The lowest BCUT2D eigenvalue weighted by Crippen LogP contribution is -2.75. The standard InChI is InChI=1S/C16H23F3O6/c1-8-4-5-11-9(2)15(23-20,16(17,18)19)22-12-14(11)10(8)6-7-13(3,21-12)24-25-14/h8-12,20H,4-7H2,1-3H3/t8-,9-,10+,11+,12+,13+,14-,15?/m1/s1. The van der Waals surface area contributed by atoms with Crippen molar-refractivity contribution in [3.8, 4) is 0 Å². The third kappa shape index (κ3) is 2.14. The van der Waals surface area contributed by atoms with Crippen LogP contribution in [0.3, 0.4) is 0 Å². The molecule has 0 aromatic carbocycles. The first kappa shape index (κ1) is 17.9. The average Bonchev–Trinajstić information content (AvgIpc) is 2.76. The van der Waals surface area contributed by atoms with E-state index in [1.807, 2.05) is 0 Å². The third-order valence-electron chi connectivity index (χ3n) is 6.79. The Bertz CT molecular complexity index is 558. The minimum Gasteiger partial charge on any atom is -0.315 e. The van der Waals surface area contributed by atoms with E-state index in [4.69, 9.17) is 19.2 Å². The molecule has 5 fully saturated rings. The van der Waals surface area contributed by atoms with Crippen molar-refractivity contribution in [3.05, 3.63) is 0 Å². The number of alkyl halides is 3. The van der Waals surface area contributed by atoms with E-state index >= 15 is 0 Å². The second kappa shape index (κ2) is 5.30. The smallest absolute Gasteiger partial charge is 0.315 e. The van der Waals surface area contributed by atoms with Crippen molar-refractivity contribution in [1.82, 2.24) is 0 Å². The van der Waals surface area contributed by atoms with Gasteiger partial charge in [-0.1, -0.05) is 13.8 Å². The third-order valence-corrected chi connectivity index (χ3v) is 6.79. The molecule has 1 spiro atoms.